The van der Waals surface area contributed by atoms with Gasteiger partial charge in [0.05, 0.1) is 19.8 Å². The molecule has 7 heteroatoms. The molecule has 2 saturated heterocycles. The highest BCUT2D eigenvalue weighted by Gasteiger charge is 2.40. The number of hydrogen-bond acceptors (Lipinski definition) is 5. The van der Waals surface area contributed by atoms with Crippen LogP contribution in [-0.2, 0) is 16.5 Å². The number of rotatable bonds is 4. The lowest BCUT2D eigenvalue weighted by Gasteiger charge is -2.43. The van der Waals surface area contributed by atoms with E-state index in [-0.39, 0.29) is 11.3 Å². The maximum atomic E-state index is 12.8. The molecule has 0 aliphatic carbocycles. The third kappa shape index (κ3) is 3.96. The second-order valence-corrected chi connectivity index (χ2v) is 7.03. The molecule has 1 aromatic rings. The minimum atomic E-state index is 0.0208. The Bertz CT molecular complexity index is 562. The molecule has 0 saturated carbocycles. The second kappa shape index (κ2) is 7.63. The first-order valence-corrected chi connectivity index (χ1v) is 8.70. The molecular formula is C17H28N4O3. The number of carbonyl (C=O) groups excluding carboxylic acids is 1. The number of methoxy groups -OCH3 is 1. The summed E-state index contributed by atoms with van der Waals surface area (Å²) in [6.45, 7) is 6.55. The Morgan fingerprint density at radius 3 is 3.04 bits per heavy atom. The van der Waals surface area contributed by atoms with Crippen LogP contribution in [0.5, 0.6) is 0 Å². The SMILES string of the molecule is COCCN1CCOC[C@@]2(CCCN(C(=O)c3ccn(C)n3)C2)C1. The molecule has 1 aromatic heterocycles. The highest BCUT2D eigenvalue weighted by atomic mass is 16.5. The molecule has 2 aliphatic heterocycles. The maximum absolute atomic E-state index is 12.8. The van der Waals surface area contributed by atoms with Crippen molar-refractivity contribution in [3.05, 3.63) is 18.0 Å². The molecule has 0 bridgehead atoms. The number of likely N-dealkylation sites (tertiary alicyclic amines) is 1. The quantitative estimate of drug-likeness (QED) is 0.807. The number of nitrogens with zero attached hydrogens (tertiary/aromatic N) is 4. The summed E-state index contributed by atoms with van der Waals surface area (Å²) in [5.41, 5.74) is 0.549. The Labute approximate surface area is 143 Å². The highest BCUT2D eigenvalue weighted by molar-refractivity contribution is 5.92. The van der Waals surface area contributed by atoms with Gasteiger partial charge in [-0.1, -0.05) is 0 Å². The molecule has 134 valence electrons. The van der Waals surface area contributed by atoms with Crippen LogP contribution < -0.4 is 0 Å². The summed E-state index contributed by atoms with van der Waals surface area (Å²) >= 11 is 0. The predicted molar refractivity (Wildman–Crippen MR) is 89.9 cm³/mol. The van der Waals surface area contributed by atoms with Gasteiger partial charge in [-0.15, -0.1) is 0 Å². The molecule has 2 aliphatic rings. The average Bonchev–Trinajstić information content (AvgIpc) is 2.92. The zero-order valence-electron chi connectivity index (χ0n) is 14.7. The molecule has 2 fully saturated rings. The molecule has 0 aromatic carbocycles. The number of aromatic nitrogens is 2. The summed E-state index contributed by atoms with van der Waals surface area (Å²) in [7, 11) is 3.57. The minimum Gasteiger partial charge on any atom is -0.383 e. The van der Waals surface area contributed by atoms with E-state index >= 15 is 0 Å². The van der Waals surface area contributed by atoms with Crippen molar-refractivity contribution in [2.45, 2.75) is 12.8 Å². The molecule has 1 atom stereocenters. The summed E-state index contributed by atoms with van der Waals surface area (Å²) in [5, 5.41) is 4.26. The Morgan fingerprint density at radius 1 is 1.42 bits per heavy atom. The van der Waals surface area contributed by atoms with E-state index in [9.17, 15) is 4.79 Å². The van der Waals surface area contributed by atoms with Crippen molar-refractivity contribution in [3.8, 4) is 0 Å². The summed E-state index contributed by atoms with van der Waals surface area (Å²) < 4.78 is 12.8. The van der Waals surface area contributed by atoms with Crippen LogP contribution in [-0.4, -0.2) is 85.1 Å². The Balaban J connectivity index is 1.69. The molecule has 0 unspecified atom stereocenters. The fourth-order valence-corrected chi connectivity index (χ4v) is 3.81. The van der Waals surface area contributed by atoms with Crippen molar-refractivity contribution in [1.82, 2.24) is 19.6 Å². The number of piperidine rings is 1. The zero-order valence-corrected chi connectivity index (χ0v) is 14.7. The molecule has 3 rings (SSSR count). The monoisotopic (exact) mass is 336 g/mol. The van der Waals surface area contributed by atoms with Crippen LogP contribution in [0.4, 0.5) is 0 Å². The number of aryl methyl sites for hydroxylation is 1. The number of hydrogen-bond donors (Lipinski definition) is 0. The van der Waals surface area contributed by atoms with Gasteiger partial charge in [-0.05, 0) is 18.9 Å². The van der Waals surface area contributed by atoms with Crippen molar-refractivity contribution in [1.29, 1.82) is 0 Å². The van der Waals surface area contributed by atoms with Crippen LogP contribution in [0.25, 0.3) is 0 Å². The molecule has 1 spiro atoms. The summed E-state index contributed by atoms with van der Waals surface area (Å²) in [4.78, 5) is 17.1. The van der Waals surface area contributed by atoms with Crippen molar-refractivity contribution in [2.75, 3.05) is 59.7 Å². The number of ether oxygens (including phenoxy) is 2. The van der Waals surface area contributed by atoms with Crippen molar-refractivity contribution < 1.29 is 14.3 Å². The topological polar surface area (TPSA) is 59.8 Å². The van der Waals surface area contributed by atoms with Gasteiger partial charge >= 0.3 is 0 Å². The average molecular weight is 336 g/mol. The Morgan fingerprint density at radius 2 is 2.29 bits per heavy atom. The summed E-state index contributed by atoms with van der Waals surface area (Å²) in [6.07, 6.45) is 3.93. The van der Waals surface area contributed by atoms with Gasteiger partial charge in [0, 0.05) is 58.5 Å². The Hall–Kier alpha value is -1.44. The van der Waals surface area contributed by atoms with Gasteiger partial charge in [-0.25, -0.2) is 0 Å². The summed E-state index contributed by atoms with van der Waals surface area (Å²) in [5.74, 6) is 0.0300. The fourth-order valence-electron chi connectivity index (χ4n) is 3.81. The predicted octanol–water partition coefficient (Wildman–Crippen LogP) is 0.621. The van der Waals surface area contributed by atoms with Crippen LogP contribution >= 0.6 is 0 Å². The van der Waals surface area contributed by atoms with E-state index in [0.29, 0.717) is 5.69 Å². The van der Waals surface area contributed by atoms with E-state index in [4.69, 9.17) is 9.47 Å². The smallest absolute Gasteiger partial charge is 0.274 e. The van der Waals surface area contributed by atoms with Gasteiger partial charge in [0.1, 0.15) is 5.69 Å². The fraction of sp³-hybridized carbons (Fsp3) is 0.765. The molecule has 24 heavy (non-hydrogen) atoms. The van der Waals surface area contributed by atoms with Crippen molar-refractivity contribution in [3.63, 3.8) is 0 Å². The third-order valence-electron chi connectivity index (χ3n) is 5.01. The highest BCUT2D eigenvalue weighted by Crippen LogP contribution is 2.33. The van der Waals surface area contributed by atoms with E-state index in [1.54, 1.807) is 17.9 Å². The van der Waals surface area contributed by atoms with Crippen LogP contribution in [0.15, 0.2) is 12.3 Å². The van der Waals surface area contributed by atoms with Crippen molar-refractivity contribution >= 4 is 5.91 Å². The normalized spacial score (nSPS) is 25.8. The van der Waals surface area contributed by atoms with E-state index in [1.165, 1.54) is 0 Å². The third-order valence-corrected chi connectivity index (χ3v) is 5.01. The lowest BCUT2D eigenvalue weighted by Crippen LogP contribution is -2.52. The molecule has 7 nitrogen and oxygen atoms in total. The largest absolute Gasteiger partial charge is 0.383 e. The number of amides is 1. The lowest BCUT2D eigenvalue weighted by atomic mass is 9.80. The van der Waals surface area contributed by atoms with Gasteiger partial charge in [0.25, 0.3) is 5.91 Å². The maximum Gasteiger partial charge on any atom is 0.274 e. The van der Waals surface area contributed by atoms with Crippen LogP contribution in [0.3, 0.4) is 0 Å². The molecule has 1 amide bonds. The Kier molecular flexibility index (Phi) is 5.53. The van der Waals surface area contributed by atoms with Gasteiger partial charge in [0.15, 0.2) is 0 Å². The van der Waals surface area contributed by atoms with E-state index in [0.717, 1.165) is 65.4 Å². The standard InChI is InChI=1S/C17H28N4O3/c1-19-7-4-15(18-19)16(22)21-6-3-5-17(13-21)12-20(8-10-23-2)9-11-24-14-17/h4,7H,3,5-6,8-14H2,1-2H3/t17-/m0/s1. The number of carbonyl (C=O) groups is 1. The zero-order chi connectivity index (χ0) is 17.0. The van der Waals surface area contributed by atoms with Crippen molar-refractivity contribution in [2.24, 2.45) is 12.5 Å². The van der Waals surface area contributed by atoms with Gasteiger partial charge < -0.3 is 14.4 Å². The van der Waals surface area contributed by atoms with Crippen LogP contribution in [0.1, 0.15) is 23.3 Å². The minimum absolute atomic E-state index is 0.0208. The molecular weight excluding hydrogens is 308 g/mol. The van der Waals surface area contributed by atoms with E-state index < -0.39 is 0 Å². The van der Waals surface area contributed by atoms with E-state index in [1.807, 2.05) is 18.1 Å². The first-order chi connectivity index (χ1) is 11.6. The van der Waals surface area contributed by atoms with Crippen LogP contribution in [0.2, 0.25) is 0 Å². The first kappa shape index (κ1) is 17.4. The summed E-state index contributed by atoms with van der Waals surface area (Å²) in [6, 6.07) is 1.79. The first-order valence-electron chi connectivity index (χ1n) is 8.70. The molecule has 0 radical (unpaired) electrons. The van der Waals surface area contributed by atoms with E-state index in [2.05, 4.69) is 10.00 Å². The van der Waals surface area contributed by atoms with Gasteiger partial charge in [-0.2, -0.15) is 5.10 Å². The second-order valence-electron chi connectivity index (χ2n) is 7.03. The van der Waals surface area contributed by atoms with Crippen LogP contribution in [0, 0.1) is 5.41 Å². The molecule has 3 heterocycles. The molecule has 0 N–H and O–H groups in total. The van der Waals surface area contributed by atoms with Gasteiger partial charge in [-0.3, -0.25) is 14.4 Å². The lowest BCUT2D eigenvalue weighted by molar-refractivity contribution is 0.00594. The van der Waals surface area contributed by atoms with Gasteiger partial charge in [0.2, 0.25) is 0 Å².